The topological polar surface area (TPSA) is 49.9 Å². The van der Waals surface area contributed by atoms with Crippen LogP contribution in [-0.2, 0) is 4.79 Å². The summed E-state index contributed by atoms with van der Waals surface area (Å²) >= 11 is 13.2. The fraction of sp³-hybridized carbons (Fsp3) is 0.250. The summed E-state index contributed by atoms with van der Waals surface area (Å²) in [5.41, 5.74) is -0.0272. The summed E-state index contributed by atoms with van der Waals surface area (Å²) in [5.74, 6) is -0.0407. The van der Waals surface area contributed by atoms with Crippen molar-refractivity contribution < 1.29 is 4.79 Å². The minimum atomic E-state index is -0.482. The van der Waals surface area contributed by atoms with Crippen LogP contribution >= 0.6 is 34.5 Å². The molecule has 0 atom stereocenters. The van der Waals surface area contributed by atoms with E-state index in [1.54, 1.807) is 24.3 Å². The van der Waals surface area contributed by atoms with Gasteiger partial charge in [-0.05, 0) is 23.8 Å². The molecule has 1 aromatic heterocycles. The summed E-state index contributed by atoms with van der Waals surface area (Å²) in [6, 6.07) is 5.07. The van der Waals surface area contributed by atoms with Crippen molar-refractivity contribution in [2.45, 2.75) is 20.8 Å². The third kappa shape index (κ3) is 4.09. The molecule has 0 aliphatic carbocycles. The van der Waals surface area contributed by atoms with E-state index in [0.29, 0.717) is 24.8 Å². The molecule has 1 N–H and O–H groups in total. The monoisotopic (exact) mass is 355 g/mol. The molecule has 1 aromatic carbocycles. The van der Waals surface area contributed by atoms with Gasteiger partial charge in [-0.25, -0.2) is 0 Å². The summed E-state index contributed by atoms with van der Waals surface area (Å²) in [7, 11) is 0. The highest BCUT2D eigenvalue weighted by Crippen LogP contribution is 2.21. The average Bonchev–Trinajstić information content (AvgIpc) is 2.72. The Morgan fingerprint density at radius 3 is 2.55 bits per heavy atom. The number of thiazole rings is 1. The quantitative estimate of drug-likeness (QED) is 0.900. The number of carbonyl (C=O) groups is 1. The first-order chi connectivity index (χ1) is 10.2. The lowest BCUT2D eigenvalue weighted by molar-refractivity contribution is -0.119. The van der Waals surface area contributed by atoms with E-state index in [1.807, 2.05) is 20.8 Å². The van der Waals surface area contributed by atoms with Gasteiger partial charge in [0, 0.05) is 21.5 Å². The Balaban J connectivity index is 2.51. The molecule has 0 radical (unpaired) electrons. The Labute approximate surface area is 141 Å². The number of benzene rings is 1. The molecule has 0 spiro atoms. The van der Waals surface area contributed by atoms with Gasteiger partial charge in [0.15, 0.2) is 5.78 Å². The molecular formula is C16H15Cl2NO2S. The number of hydrogen-bond donors (Lipinski definition) is 1. The molecule has 0 aliphatic rings. The predicted molar refractivity (Wildman–Crippen MR) is 93.1 cm³/mol. The number of hydrogen-bond acceptors (Lipinski definition) is 3. The maximum atomic E-state index is 12.0. The van der Waals surface area contributed by atoms with E-state index in [2.05, 4.69) is 4.98 Å². The van der Waals surface area contributed by atoms with Crippen LogP contribution in [0.25, 0.3) is 12.2 Å². The van der Waals surface area contributed by atoms with Crippen LogP contribution < -0.4 is 14.8 Å². The Morgan fingerprint density at radius 2 is 1.95 bits per heavy atom. The van der Waals surface area contributed by atoms with E-state index in [4.69, 9.17) is 23.2 Å². The Kier molecular flexibility index (Phi) is 4.95. The Morgan fingerprint density at radius 1 is 1.27 bits per heavy atom. The molecule has 22 heavy (non-hydrogen) atoms. The third-order valence-corrected chi connectivity index (χ3v) is 4.46. The molecule has 0 unspecified atom stereocenters. The number of halogens is 2. The van der Waals surface area contributed by atoms with Gasteiger partial charge in [-0.3, -0.25) is 9.59 Å². The van der Waals surface area contributed by atoms with Gasteiger partial charge in [-0.2, -0.15) is 0 Å². The van der Waals surface area contributed by atoms with E-state index in [0.717, 1.165) is 0 Å². The van der Waals surface area contributed by atoms with E-state index in [9.17, 15) is 9.59 Å². The molecule has 116 valence electrons. The van der Waals surface area contributed by atoms with Gasteiger partial charge in [0.25, 0.3) is 5.56 Å². The first kappa shape index (κ1) is 17.0. The van der Waals surface area contributed by atoms with Crippen molar-refractivity contribution >= 4 is 52.5 Å². The smallest absolute Gasteiger partial charge is 0.266 e. The van der Waals surface area contributed by atoms with Crippen LogP contribution in [0.5, 0.6) is 0 Å². The number of ketones is 1. The highest BCUT2D eigenvalue weighted by Gasteiger charge is 2.18. The van der Waals surface area contributed by atoms with Crippen molar-refractivity contribution in [1.29, 1.82) is 0 Å². The van der Waals surface area contributed by atoms with Crippen molar-refractivity contribution in [1.82, 2.24) is 4.98 Å². The van der Waals surface area contributed by atoms with Gasteiger partial charge in [-0.1, -0.05) is 50.0 Å². The number of carbonyl (C=O) groups excluding carboxylic acids is 1. The number of aromatic nitrogens is 1. The first-order valence-corrected chi connectivity index (χ1v) is 8.16. The molecule has 0 saturated carbocycles. The lowest BCUT2D eigenvalue weighted by atomic mass is 9.91. The first-order valence-electron chi connectivity index (χ1n) is 6.59. The molecule has 0 fully saturated rings. The van der Waals surface area contributed by atoms with Crippen molar-refractivity contribution in [3.63, 3.8) is 0 Å². The normalized spacial score (nSPS) is 13.7. The van der Waals surface area contributed by atoms with Crippen LogP contribution in [0.1, 0.15) is 26.3 Å². The zero-order valence-corrected chi connectivity index (χ0v) is 14.7. The van der Waals surface area contributed by atoms with Gasteiger partial charge < -0.3 is 4.98 Å². The van der Waals surface area contributed by atoms with Crippen molar-refractivity contribution in [3.8, 4) is 0 Å². The fourth-order valence-electron chi connectivity index (χ4n) is 1.62. The third-order valence-electron chi connectivity index (χ3n) is 2.93. The van der Waals surface area contributed by atoms with Gasteiger partial charge in [-0.15, -0.1) is 11.3 Å². The highest BCUT2D eigenvalue weighted by molar-refractivity contribution is 7.07. The van der Waals surface area contributed by atoms with Crippen LogP contribution in [0.15, 0.2) is 23.0 Å². The van der Waals surface area contributed by atoms with Crippen LogP contribution in [0.2, 0.25) is 10.0 Å². The lowest BCUT2D eigenvalue weighted by Crippen LogP contribution is -2.22. The molecule has 1 heterocycles. The Bertz CT molecular complexity index is 888. The van der Waals surface area contributed by atoms with Crippen LogP contribution in [0.3, 0.4) is 0 Å². The largest absolute Gasteiger partial charge is 0.313 e. The maximum Gasteiger partial charge on any atom is 0.266 e. The summed E-state index contributed by atoms with van der Waals surface area (Å²) in [6.45, 7) is 5.49. The predicted octanol–water partition coefficient (Wildman–Crippen LogP) is 2.97. The SMILES string of the molecule is CC(C)(C)C(=O)/C=c1\[nH]c(=O)/c(=C/c2ccc(Cl)cc2Cl)s1. The molecule has 0 bridgehead atoms. The minimum Gasteiger partial charge on any atom is -0.313 e. The molecule has 0 saturated heterocycles. The zero-order valence-electron chi connectivity index (χ0n) is 12.4. The van der Waals surface area contributed by atoms with Gasteiger partial charge in [0.05, 0.1) is 9.20 Å². The number of rotatable bonds is 2. The van der Waals surface area contributed by atoms with Gasteiger partial charge in [0.1, 0.15) is 0 Å². The fourth-order valence-corrected chi connectivity index (χ4v) is 2.96. The van der Waals surface area contributed by atoms with E-state index < -0.39 is 5.41 Å². The molecule has 3 nitrogen and oxygen atoms in total. The van der Waals surface area contributed by atoms with E-state index in [-0.39, 0.29) is 11.3 Å². The molecule has 2 rings (SSSR count). The van der Waals surface area contributed by atoms with Crippen LogP contribution in [-0.4, -0.2) is 10.8 Å². The van der Waals surface area contributed by atoms with Gasteiger partial charge in [0.2, 0.25) is 0 Å². The van der Waals surface area contributed by atoms with Crippen LogP contribution in [0.4, 0.5) is 0 Å². The number of H-pyrrole nitrogens is 1. The van der Waals surface area contributed by atoms with Crippen molar-refractivity contribution in [3.05, 3.63) is 53.4 Å². The second-order valence-electron chi connectivity index (χ2n) is 5.85. The minimum absolute atomic E-state index is 0.0407. The van der Waals surface area contributed by atoms with E-state index >= 15 is 0 Å². The van der Waals surface area contributed by atoms with Gasteiger partial charge >= 0.3 is 0 Å². The second-order valence-corrected chi connectivity index (χ2v) is 7.78. The molecular weight excluding hydrogens is 341 g/mol. The zero-order chi connectivity index (χ0) is 16.5. The van der Waals surface area contributed by atoms with Crippen molar-refractivity contribution in [2.75, 3.05) is 0 Å². The molecule has 0 aliphatic heterocycles. The molecule has 0 amide bonds. The lowest BCUT2D eigenvalue weighted by Gasteiger charge is -2.12. The standard InChI is InChI=1S/C16H15Cl2NO2S/c1-16(2,3)13(20)8-14-19-15(21)12(22-14)6-9-4-5-10(17)7-11(9)18/h4-8H,1-3H3,(H,19,21)/b12-6-,14-8+. The van der Waals surface area contributed by atoms with Crippen molar-refractivity contribution in [2.24, 2.45) is 5.41 Å². The number of Topliss-reactive ketones (excluding diaryl/α,β-unsaturated/α-hetero) is 1. The summed E-state index contributed by atoms with van der Waals surface area (Å²) in [4.78, 5) is 26.6. The summed E-state index contributed by atoms with van der Waals surface area (Å²) in [6.07, 6.45) is 3.15. The number of aromatic amines is 1. The van der Waals surface area contributed by atoms with E-state index in [1.165, 1.54) is 17.4 Å². The molecule has 6 heteroatoms. The maximum absolute atomic E-state index is 12.0. The number of nitrogens with one attached hydrogen (secondary N) is 1. The summed E-state index contributed by atoms with van der Waals surface area (Å²) < 4.78 is 1.01. The Hall–Kier alpha value is -1.36. The second kappa shape index (κ2) is 6.41. The van der Waals surface area contributed by atoms with Crippen LogP contribution in [0, 0.1) is 5.41 Å². The summed E-state index contributed by atoms with van der Waals surface area (Å²) in [5, 5.41) is 1.00. The highest BCUT2D eigenvalue weighted by atomic mass is 35.5. The molecule has 2 aromatic rings. The average molecular weight is 356 g/mol.